The first kappa shape index (κ1) is 21.6. The van der Waals surface area contributed by atoms with Gasteiger partial charge in [0.05, 0.1) is 14.2 Å². The molecule has 0 aromatic heterocycles. The summed E-state index contributed by atoms with van der Waals surface area (Å²) >= 11 is 0. The second-order valence-electron chi connectivity index (χ2n) is 7.80. The number of methoxy groups -OCH3 is 2. The van der Waals surface area contributed by atoms with E-state index in [4.69, 9.17) is 9.47 Å². The Morgan fingerprint density at radius 1 is 1.20 bits per heavy atom. The fraction of sp³-hybridized carbons (Fsp3) is 0.391. The summed E-state index contributed by atoms with van der Waals surface area (Å²) in [5.74, 6) is 0.334. The molecule has 1 saturated heterocycles. The number of hydrogen-bond donors (Lipinski definition) is 0. The van der Waals surface area contributed by atoms with Crippen LogP contribution < -0.4 is 14.4 Å². The molecule has 1 heterocycles. The summed E-state index contributed by atoms with van der Waals surface area (Å²) in [5.41, 5.74) is 0.253. The molecule has 0 spiro atoms. The van der Waals surface area contributed by atoms with E-state index in [1.54, 1.807) is 39.2 Å². The van der Waals surface area contributed by atoms with Crippen molar-refractivity contribution in [2.45, 2.75) is 32.4 Å². The van der Waals surface area contributed by atoms with Crippen LogP contribution in [0.2, 0.25) is 0 Å². The SMILES string of the molecule is COc1ccc(CN(C)C(=O)C2(C)C(C)CC(=O)N2c2ccc(F)cc2)c(OC)c1. The average molecular weight is 414 g/mol. The van der Waals surface area contributed by atoms with Crippen LogP contribution in [0.3, 0.4) is 0 Å². The number of amides is 2. The van der Waals surface area contributed by atoms with Crippen LogP contribution in [0.5, 0.6) is 11.5 Å². The van der Waals surface area contributed by atoms with Crippen molar-refractivity contribution in [3.05, 3.63) is 53.8 Å². The van der Waals surface area contributed by atoms with Gasteiger partial charge in [-0.1, -0.05) is 6.92 Å². The summed E-state index contributed by atoms with van der Waals surface area (Å²) in [7, 11) is 4.85. The Morgan fingerprint density at radius 3 is 2.47 bits per heavy atom. The Bertz CT molecular complexity index is 947. The third kappa shape index (κ3) is 3.72. The molecular formula is C23H27FN2O4. The van der Waals surface area contributed by atoms with E-state index in [9.17, 15) is 14.0 Å². The number of rotatable bonds is 6. The number of likely N-dealkylation sites (N-methyl/N-ethyl adjacent to an activating group) is 1. The molecule has 2 amide bonds. The first-order valence-electron chi connectivity index (χ1n) is 9.77. The number of anilines is 1. The molecule has 0 aliphatic carbocycles. The lowest BCUT2D eigenvalue weighted by Gasteiger charge is -2.39. The number of carbonyl (C=O) groups excluding carboxylic acids is 2. The van der Waals surface area contributed by atoms with E-state index in [1.165, 1.54) is 29.2 Å². The zero-order valence-corrected chi connectivity index (χ0v) is 17.9. The largest absolute Gasteiger partial charge is 0.497 e. The van der Waals surface area contributed by atoms with E-state index in [2.05, 4.69) is 0 Å². The molecule has 0 N–H and O–H groups in total. The molecule has 2 aromatic carbocycles. The van der Waals surface area contributed by atoms with Gasteiger partial charge in [-0.15, -0.1) is 0 Å². The third-order valence-electron chi connectivity index (χ3n) is 5.92. The van der Waals surface area contributed by atoms with Gasteiger partial charge in [-0.2, -0.15) is 0 Å². The summed E-state index contributed by atoms with van der Waals surface area (Å²) in [6, 6.07) is 11.1. The standard InChI is InChI=1S/C23H27FN2O4/c1-15-12-21(27)26(18-9-7-17(24)8-10-18)23(15,2)22(28)25(3)14-16-6-11-19(29-4)13-20(16)30-5/h6-11,13,15H,12,14H2,1-5H3. The van der Waals surface area contributed by atoms with Crippen molar-refractivity contribution in [3.8, 4) is 11.5 Å². The van der Waals surface area contributed by atoms with Gasteiger partial charge in [-0.3, -0.25) is 14.5 Å². The van der Waals surface area contributed by atoms with Crippen LogP contribution in [-0.2, 0) is 16.1 Å². The van der Waals surface area contributed by atoms with Crippen molar-refractivity contribution in [3.63, 3.8) is 0 Å². The minimum absolute atomic E-state index is 0.152. The van der Waals surface area contributed by atoms with Gasteiger partial charge < -0.3 is 14.4 Å². The molecule has 1 fully saturated rings. The molecule has 3 rings (SSSR count). The van der Waals surface area contributed by atoms with Gasteiger partial charge in [0.1, 0.15) is 22.9 Å². The molecule has 2 aromatic rings. The van der Waals surface area contributed by atoms with Crippen LogP contribution in [0.15, 0.2) is 42.5 Å². The van der Waals surface area contributed by atoms with E-state index in [-0.39, 0.29) is 24.2 Å². The molecule has 1 aliphatic heterocycles. The van der Waals surface area contributed by atoms with E-state index >= 15 is 0 Å². The summed E-state index contributed by atoms with van der Waals surface area (Å²) in [5, 5.41) is 0. The maximum absolute atomic E-state index is 13.6. The summed E-state index contributed by atoms with van der Waals surface area (Å²) in [6.45, 7) is 3.97. The third-order valence-corrected chi connectivity index (χ3v) is 5.92. The maximum Gasteiger partial charge on any atom is 0.248 e. The fourth-order valence-electron chi connectivity index (χ4n) is 4.04. The smallest absolute Gasteiger partial charge is 0.248 e. The first-order valence-corrected chi connectivity index (χ1v) is 9.77. The first-order chi connectivity index (χ1) is 14.2. The number of ether oxygens (including phenoxy) is 2. The molecule has 0 radical (unpaired) electrons. The number of halogens is 1. The highest BCUT2D eigenvalue weighted by Gasteiger charge is 2.54. The zero-order chi connectivity index (χ0) is 22.1. The van der Waals surface area contributed by atoms with Crippen molar-refractivity contribution >= 4 is 17.5 Å². The van der Waals surface area contributed by atoms with Crippen molar-refractivity contribution < 1.29 is 23.5 Å². The Hall–Kier alpha value is -3.09. The topological polar surface area (TPSA) is 59.1 Å². The normalized spacial score (nSPS) is 20.9. The van der Waals surface area contributed by atoms with E-state index in [0.29, 0.717) is 23.7 Å². The van der Waals surface area contributed by atoms with Crippen LogP contribution in [0, 0.1) is 11.7 Å². The number of carbonyl (C=O) groups is 2. The predicted octanol–water partition coefficient (Wildman–Crippen LogP) is 3.63. The highest BCUT2D eigenvalue weighted by Crippen LogP contribution is 2.41. The quantitative estimate of drug-likeness (QED) is 0.724. The average Bonchev–Trinajstić information content (AvgIpc) is 2.97. The second-order valence-corrected chi connectivity index (χ2v) is 7.80. The summed E-state index contributed by atoms with van der Waals surface area (Å²) < 4.78 is 24.1. The number of hydrogen-bond acceptors (Lipinski definition) is 4. The molecule has 0 saturated carbocycles. The van der Waals surface area contributed by atoms with Gasteiger partial charge in [-0.05, 0) is 49.2 Å². The summed E-state index contributed by atoms with van der Waals surface area (Å²) in [4.78, 5) is 29.5. The Balaban J connectivity index is 1.91. The lowest BCUT2D eigenvalue weighted by Crippen LogP contribution is -2.57. The molecular weight excluding hydrogens is 387 g/mol. The fourth-order valence-corrected chi connectivity index (χ4v) is 4.04. The van der Waals surface area contributed by atoms with Crippen molar-refractivity contribution in [2.75, 3.05) is 26.2 Å². The molecule has 1 aliphatic rings. The molecule has 6 nitrogen and oxygen atoms in total. The van der Waals surface area contributed by atoms with Crippen molar-refractivity contribution in [1.29, 1.82) is 0 Å². The molecule has 0 bridgehead atoms. The van der Waals surface area contributed by atoms with Crippen molar-refractivity contribution in [2.24, 2.45) is 5.92 Å². The van der Waals surface area contributed by atoms with Gasteiger partial charge in [0.25, 0.3) is 0 Å². The Kier molecular flexibility index (Phi) is 6.01. The van der Waals surface area contributed by atoms with E-state index in [0.717, 1.165) is 5.56 Å². The van der Waals surface area contributed by atoms with Gasteiger partial charge >= 0.3 is 0 Å². The number of benzene rings is 2. The molecule has 160 valence electrons. The highest BCUT2D eigenvalue weighted by molar-refractivity contribution is 6.07. The lowest BCUT2D eigenvalue weighted by atomic mass is 9.86. The monoisotopic (exact) mass is 414 g/mol. The van der Waals surface area contributed by atoms with E-state index in [1.807, 2.05) is 19.1 Å². The molecule has 7 heteroatoms. The van der Waals surface area contributed by atoms with Crippen LogP contribution in [0.4, 0.5) is 10.1 Å². The minimum atomic E-state index is -1.08. The van der Waals surface area contributed by atoms with Gasteiger partial charge in [0.2, 0.25) is 11.8 Å². The Morgan fingerprint density at radius 2 is 1.87 bits per heavy atom. The van der Waals surface area contributed by atoms with Crippen molar-refractivity contribution in [1.82, 2.24) is 4.90 Å². The maximum atomic E-state index is 13.6. The van der Waals surface area contributed by atoms with Crippen LogP contribution in [0.25, 0.3) is 0 Å². The highest BCUT2D eigenvalue weighted by atomic mass is 19.1. The predicted molar refractivity (Wildman–Crippen MR) is 112 cm³/mol. The van der Waals surface area contributed by atoms with Crippen LogP contribution >= 0.6 is 0 Å². The van der Waals surface area contributed by atoms with Gasteiger partial charge in [0.15, 0.2) is 0 Å². The van der Waals surface area contributed by atoms with Gasteiger partial charge in [-0.25, -0.2) is 4.39 Å². The molecule has 2 atom stereocenters. The molecule has 30 heavy (non-hydrogen) atoms. The zero-order valence-electron chi connectivity index (χ0n) is 17.9. The van der Waals surface area contributed by atoms with E-state index < -0.39 is 11.4 Å². The summed E-state index contributed by atoms with van der Waals surface area (Å²) in [6.07, 6.45) is 0.249. The Labute approximate surface area is 176 Å². The minimum Gasteiger partial charge on any atom is -0.497 e. The molecule has 2 unspecified atom stereocenters. The number of nitrogens with zero attached hydrogens (tertiary/aromatic N) is 2. The van der Waals surface area contributed by atoms with Gasteiger partial charge in [0, 0.05) is 37.3 Å². The lowest BCUT2D eigenvalue weighted by molar-refractivity contribution is -0.137. The second kappa shape index (κ2) is 8.34. The van der Waals surface area contributed by atoms with Crippen LogP contribution in [-0.4, -0.2) is 43.5 Å². The van der Waals surface area contributed by atoms with Crippen LogP contribution in [0.1, 0.15) is 25.8 Å².